The highest BCUT2D eigenvalue weighted by molar-refractivity contribution is 5.81. The topological polar surface area (TPSA) is 47.7 Å². The minimum Gasteiger partial charge on any atom is -0.309 e. The first-order chi connectivity index (χ1) is 10.2. The van der Waals surface area contributed by atoms with Gasteiger partial charge >= 0.3 is 0 Å². The molecule has 0 amide bonds. The van der Waals surface area contributed by atoms with E-state index in [1.54, 1.807) is 0 Å². The van der Waals surface area contributed by atoms with E-state index in [9.17, 15) is 0 Å². The highest BCUT2D eigenvalue weighted by atomic mass is 15.3. The molecule has 5 heteroatoms. The second-order valence-corrected chi connectivity index (χ2v) is 5.32. The summed E-state index contributed by atoms with van der Waals surface area (Å²) < 4.78 is 3.79. The van der Waals surface area contributed by atoms with Crippen LogP contribution in [0.3, 0.4) is 0 Å². The van der Waals surface area contributed by atoms with E-state index in [2.05, 4.69) is 46.7 Å². The van der Waals surface area contributed by atoms with Gasteiger partial charge in [0, 0.05) is 32.1 Å². The molecular weight excluding hydrogens is 262 g/mol. The van der Waals surface area contributed by atoms with E-state index in [0.717, 1.165) is 24.4 Å². The number of likely N-dealkylation sites (N-methyl/N-ethyl adjacent to an activating group) is 1. The zero-order valence-corrected chi connectivity index (χ0v) is 12.7. The lowest BCUT2D eigenvalue weighted by Crippen LogP contribution is -2.24. The monoisotopic (exact) mass is 283 g/mol. The molecule has 3 aromatic rings. The van der Waals surface area contributed by atoms with Gasteiger partial charge in [-0.3, -0.25) is 9.36 Å². The van der Waals surface area contributed by atoms with Gasteiger partial charge in [0.1, 0.15) is 0 Å². The molecule has 110 valence electrons. The highest BCUT2D eigenvalue weighted by Crippen LogP contribution is 2.23. The molecule has 1 atom stereocenters. The van der Waals surface area contributed by atoms with Crippen molar-refractivity contribution in [1.82, 2.24) is 24.9 Å². The number of para-hydroxylation sites is 1. The average molecular weight is 283 g/mol. The molecule has 1 aromatic carbocycles. The van der Waals surface area contributed by atoms with Crippen LogP contribution in [-0.4, -0.2) is 26.1 Å². The third-order valence-electron chi connectivity index (χ3n) is 3.77. The molecule has 0 aliphatic carbocycles. The summed E-state index contributed by atoms with van der Waals surface area (Å²) in [6.07, 6.45) is 2.82. The average Bonchev–Trinajstić information content (AvgIpc) is 3.04. The van der Waals surface area contributed by atoms with Crippen molar-refractivity contribution in [2.45, 2.75) is 19.4 Å². The molecule has 3 rings (SSSR count). The van der Waals surface area contributed by atoms with Gasteiger partial charge in [-0.2, -0.15) is 10.2 Å². The first-order valence-corrected chi connectivity index (χ1v) is 7.32. The van der Waals surface area contributed by atoms with E-state index in [-0.39, 0.29) is 6.04 Å². The molecule has 0 bridgehead atoms. The molecule has 0 fully saturated rings. The van der Waals surface area contributed by atoms with Crippen molar-refractivity contribution >= 4 is 10.9 Å². The number of hydrogen-bond acceptors (Lipinski definition) is 3. The first kappa shape index (κ1) is 13.8. The molecular formula is C16H21N5. The van der Waals surface area contributed by atoms with E-state index >= 15 is 0 Å². The Hall–Kier alpha value is -2.14. The zero-order chi connectivity index (χ0) is 14.8. The summed E-state index contributed by atoms with van der Waals surface area (Å²) in [6.45, 7) is 3.03. The summed E-state index contributed by atoms with van der Waals surface area (Å²) in [5.41, 5.74) is 3.35. The maximum absolute atomic E-state index is 4.69. The van der Waals surface area contributed by atoms with Crippen molar-refractivity contribution in [3.05, 3.63) is 47.9 Å². The van der Waals surface area contributed by atoms with Crippen LogP contribution < -0.4 is 5.32 Å². The Morgan fingerprint density at radius 3 is 2.67 bits per heavy atom. The van der Waals surface area contributed by atoms with Gasteiger partial charge in [0.2, 0.25) is 0 Å². The van der Waals surface area contributed by atoms with Gasteiger partial charge in [-0.15, -0.1) is 0 Å². The van der Waals surface area contributed by atoms with Gasteiger partial charge in [-0.05, 0) is 18.7 Å². The molecule has 0 saturated heterocycles. The number of aromatic nitrogens is 4. The Morgan fingerprint density at radius 2 is 1.95 bits per heavy atom. The predicted molar refractivity (Wildman–Crippen MR) is 84.0 cm³/mol. The van der Waals surface area contributed by atoms with Crippen LogP contribution >= 0.6 is 0 Å². The number of aryl methyl sites for hydroxylation is 2. The van der Waals surface area contributed by atoms with Crippen molar-refractivity contribution in [2.24, 2.45) is 14.1 Å². The SMILES string of the molecule is CCNC(Cc1nn(C)c2ccccc12)c1ccn(C)n1. The Morgan fingerprint density at radius 1 is 1.14 bits per heavy atom. The maximum atomic E-state index is 4.69. The lowest BCUT2D eigenvalue weighted by molar-refractivity contribution is 0.521. The number of rotatable bonds is 5. The van der Waals surface area contributed by atoms with Gasteiger partial charge in [-0.1, -0.05) is 25.1 Å². The summed E-state index contributed by atoms with van der Waals surface area (Å²) in [4.78, 5) is 0. The van der Waals surface area contributed by atoms with Gasteiger partial charge in [0.25, 0.3) is 0 Å². The molecule has 0 aliphatic rings. The molecule has 2 aromatic heterocycles. The lowest BCUT2D eigenvalue weighted by atomic mass is 10.1. The zero-order valence-electron chi connectivity index (χ0n) is 12.7. The summed E-state index contributed by atoms with van der Waals surface area (Å²) in [5, 5.41) is 13.9. The largest absolute Gasteiger partial charge is 0.309 e. The maximum Gasteiger partial charge on any atom is 0.0797 e. The molecule has 1 unspecified atom stereocenters. The number of nitrogens with zero attached hydrogens (tertiary/aromatic N) is 4. The Balaban J connectivity index is 1.94. The van der Waals surface area contributed by atoms with Crippen LogP contribution in [-0.2, 0) is 20.5 Å². The van der Waals surface area contributed by atoms with Crippen LogP contribution in [0.5, 0.6) is 0 Å². The summed E-state index contributed by atoms with van der Waals surface area (Å²) >= 11 is 0. The van der Waals surface area contributed by atoms with Gasteiger partial charge in [-0.25, -0.2) is 0 Å². The van der Waals surface area contributed by atoms with Crippen molar-refractivity contribution in [3.8, 4) is 0 Å². The van der Waals surface area contributed by atoms with E-state index in [1.807, 2.05) is 35.7 Å². The minimum atomic E-state index is 0.189. The van der Waals surface area contributed by atoms with Crippen molar-refractivity contribution in [2.75, 3.05) is 6.54 Å². The predicted octanol–water partition coefficient (Wildman–Crippen LogP) is 2.20. The first-order valence-electron chi connectivity index (χ1n) is 7.32. The summed E-state index contributed by atoms with van der Waals surface area (Å²) in [7, 11) is 3.94. The van der Waals surface area contributed by atoms with Crippen LogP contribution in [0.15, 0.2) is 36.5 Å². The third-order valence-corrected chi connectivity index (χ3v) is 3.77. The molecule has 0 aliphatic heterocycles. The quantitative estimate of drug-likeness (QED) is 0.781. The number of fused-ring (bicyclic) bond motifs is 1. The van der Waals surface area contributed by atoms with E-state index in [1.165, 1.54) is 10.9 Å². The van der Waals surface area contributed by atoms with Crippen molar-refractivity contribution in [1.29, 1.82) is 0 Å². The molecule has 0 radical (unpaired) electrons. The summed E-state index contributed by atoms with van der Waals surface area (Å²) in [6, 6.07) is 10.6. The lowest BCUT2D eigenvalue weighted by Gasteiger charge is -2.14. The molecule has 1 N–H and O–H groups in total. The molecule has 2 heterocycles. The fraction of sp³-hybridized carbons (Fsp3) is 0.375. The Bertz CT molecular complexity index is 740. The van der Waals surface area contributed by atoms with E-state index in [4.69, 9.17) is 0 Å². The fourth-order valence-electron chi connectivity index (χ4n) is 2.78. The molecule has 21 heavy (non-hydrogen) atoms. The minimum absolute atomic E-state index is 0.189. The van der Waals surface area contributed by atoms with Crippen molar-refractivity contribution < 1.29 is 0 Å². The Labute approximate surface area is 124 Å². The molecule has 0 saturated carbocycles. The smallest absolute Gasteiger partial charge is 0.0797 e. The number of nitrogens with one attached hydrogen (secondary N) is 1. The number of benzene rings is 1. The standard InChI is InChI=1S/C16H21N5/c1-4-17-15(13-9-10-20(2)18-13)11-14-12-7-5-6-8-16(12)21(3)19-14/h5-10,15,17H,4,11H2,1-3H3. The van der Waals surface area contributed by atoms with Crippen LogP contribution in [0.4, 0.5) is 0 Å². The molecule has 0 spiro atoms. The fourth-order valence-corrected chi connectivity index (χ4v) is 2.78. The normalized spacial score (nSPS) is 12.9. The van der Waals surface area contributed by atoms with E-state index in [0.29, 0.717) is 0 Å². The van der Waals surface area contributed by atoms with Gasteiger partial charge in [0.15, 0.2) is 0 Å². The highest BCUT2D eigenvalue weighted by Gasteiger charge is 2.17. The van der Waals surface area contributed by atoms with Crippen LogP contribution in [0.25, 0.3) is 10.9 Å². The van der Waals surface area contributed by atoms with Gasteiger partial charge < -0.3 is 5.32 Å². The van der Waals surface area contributed by atoms with Gasteiger partial charge in [0.05, 0.1) is 22.9 Å². The molecule has 5 nitrogen and oxygen atoms in total. The van der Waals surface area contributed by atoms with Crippen LogP contribution in [0, 0.1) is 0 Å². The van der Waals surface area contributed by atoms with E-state index < -0.39 is 0 Å². The van der Waals surface area contributed by atoms with Crippen molar-refractivity contribution in [3.63, 3.8) is 0 Å². The second kappa shape index (κ2) is 5.69. The Kier molecular flexibility index (Phi) is 3.75. The third kappa shape index (κ3) is 2.69. The van der Waals surface area contributed by atoms with Crippen LogP contribution in [0.2, 0.25) is 0 Å². The van der Waals surface area contributed by atoms with Crippen LogP contribution in [0.1, 0.15) is 24.4 Å². The number of hydrogen-bond donors (Lipinski definition) is 1. The second-order valence-electron chi connectivity index (χ2n) is 5.32. The summed E-state index contributed by atoms with van der Waals surface area (Å²) in [5.74, 6) is 0.